The molecule has 5 rings (SSSR count). The van der Waals surface area contributed by atoms with Crippen molar-refractivity contribution in [2.75, 3.05) is 31.1 Å². The predicted molar refractivity (Wildman–Crippen MR) is 141 cm³/mol. The van der Waals surface area contributed by atoms with Crippen LogP contribution < -0.4 is 10.2 Å². The molecule has 3 fully saturated rings. The van der Waals surface area contributed by atoms with E-state index >= 15 is 0 Å². The average molecular weight is 510 g/mol. The van der Waals surface area contributed by atoms with Gasteiger partial charge in [-0.2, -0.15) is 5.10 Å². The zero-order chi connectivity index (χ0) is 26.1. The number of benzene rings is 1. The lowest BCUT2D eigenvalue weighted by Crippen LogP contribution is -2.42. The molecule has 0 saturated carbocycles. The number of amides is 3. The molecule has 3 aliphatic heterocycles. The average Bonchev–Trinajstić information content (AvgIpc) is 3.20. The number of hydrogen-bond donors (Lipinski definition) is 1. The van der Waals surface area contributed by atoms with E-state index in [9.17, 15) is 14.4 Å². The van der Waals surface area contributed by atoms with E-state index in [1.165, 1.54) is 24.9 Å². The summed E-state index contributed by atoms with van der Waals surface area (Å²) >= 11 is 0. The van der Waals surface area contributed by atoms with Crippen LogP contribution in [0.4, 0.5) is 10.5 Å². The number of carbonyl (C=O) groups excluding carboxylic acids is 3. The number of ether oxygens (including phenoxy) is 1. The van der Waals surface area contributed by atoms with E-state index in [0.717, 1.165) is 49.1 Å². The smallest absolute Gasteiger partial charge is 0.409 e. The first kappa shape index (κ1) is 25.5. The second-order valence-corrected chi connectivity index (χ2v) is 11.0. The molecule has 3 atom stereocenters. The maximum Gasteiger partial charge on any atom is 0.409 e. The van der Waals surface area contributed by atoms with Crippen LogP contribution in [0.3, 0.4) is 0 Å². The largest absolute Gasteiger partial charge is 0.450 e. The second-order valence-electron chi connectivity index (χ2n) is 11.0. The molecule has 0 bridgehead atoms. The third-order valence-corrected chi connectivity index (χ3v) is 8.56. The van der Waals surface area contributed by atoms with Crippen molar-refractivity contribution in [2.24, 2.45) is 18.9 Å². The minimum Gasteiger partial charge on any atom is -0.450 e. The lowest BCUT2D eigenvalue weighted by atomic mass is 9.81. The molecule has 9 nitrogen and oxygen atoms in total. The van der Waals surface area contributed by atoms with Crippen molar-refractivity contribution >= 4 is 34.5 Å². The van der Waals surface area contributed by atoms with E-state index in [0.29, 0.717) is 37.3 Å². The van der Waals surface area contributed by atoms with E-state index in [1.807, 2.05) is 23.6 Å². The quantitative estimate of drug-likeness (QED) is 0.613. The Bertz CT molecular complexity index is 1170. The summed E-state index contributed by atoms with van der Waals surface area (Å²) in [6, 6.07) is 6.88. The van der Waals surface area contributed by atoms with Crippen molar-refractivity contribution in [3.05, 3.63) is 23.9 Å². The van der Waals surface area contributed by atoms with Gasteiger partial charge in [-0.05, 0) is 82.4 Å². The van der Waals surface area contributed by atoms with Gasteiger partial charge >= 0.3 is 6.09 Å². The number of piperidine rings is 3. The maximum absolute atomic E-state index is 12.4. The number of carbonyl (C=O) groups is 3. The summed E-state index contributed by atoms with van der Waals surface area (Å²) < 4.78 is 7.01. The van der Waals surface area contributed by atoms with Gasteiger partial charge in [0.15, 0.2) is 0 Å². The van der Waals surface area contributed by atoms with Gasteiger partial charge in [0, 0.05) is 50.2 Å². The normalized spacial score (nSPS) is 25.4. The van der Waals surface area contributed by atoms with Crippen molar-refractivity contribution < 1.29 is 19.1 Å². The van der Waals surface area contributed by atoms with E-state index in [2.05, 4.69) is 35.3 Å². The van der Waals surface area contributed by atoms with Crippen LogP contribution in [-0.4, -0.2) is 64.9 Å². The van der Waals surface area contributed by atoms with Crippen molar-refractivity contribution in [2.45, 2.75) is 70.8 Å². The van der Waals surface area contributed by atoms with E-state index in [1.54, 1.807) is 0 Å². The van der Waals surface area contributed by atoms with Crippen molar-refractivity contribution in [1.29, 1.82) is 0 Å². The molecule has 200 valence electrons. The molecule has 1 unspecified atom stereocenters. The Labute approximate surface area is 218 Å². The number of aryl methyl sites for hydroxylation is 1. The molecule has 1 aromatic carbocycles. The fourth-order valence-electron chi connectivity index (χ4n) is 6.57. The summed E-state index contributed by atoms with van der Waals surface area (Å²) in [7, 11) is 1.92. The van der Waals surface area contributed by atoms with Crippen LogP contribution in [-0.2, 0) is 21.4 Å². The van der Waals surface area contributed by atoms with Gasteiger partial charge < -0.3 is 14.5 Å². The van der Waals surface area contributed by atoms with Gasteiger partial charge in [0.2, 0.25) is 11.8 Å². The summed E-state index contributed by atoms with van der Waals surface area (Å²) in [4.78, 5) is 40.4. The van der Waals surface area contributed by atoms with E-state index in [4.69, 9.17) is 9.84 Å². The van der Waals surface area contributed by atoms with Crippen molar-refractivity contribution in [1.82, 2.24) is 20.0 Å². The minimum absolute atomic E-state index is 0.169. The van der Waals surface area contributed by atoms with Gasteiger partial charge in [-0.15, -0.1) is 0 Å². The van der Waals surface area contributed by atoms with Crippen LogP contribution in [0.2, 0.25) is 0 Å². The molecule has 4 heterocycles. The van der Waals surface area contributed by atoms with Crippen LogP contribution in [0.1, 0.15) is 70.4 Å². The standard InChI is InChI=1S/C28H39N5O4/c1-4-37-28(36)32-12-9-19(10-13-32)16-20-11-14-33(18(2)15-20)21-5-6-22-24(17-21)31(3)30-26(22)23-7-8-25(34)29-27(23)35/h5-6,17-20,23H,4,7-16H2,1-3H3,(H,29,34,35)/t18-,20-,23?/m0/s1. The molecule has 37 heavy (non-hydrogen) atoms. The maximum atomic E-state index is 12.4. The topological polar surface area (TPSA) is 96.8 Å². The molecule has 3 amide bonds. The van der Waals surface area contributed by atoms with Crippen molar-refractivity contribution in [3.63, 3.8) is 0 Å². The highest BCUT2D eigenvalue weighted by atomic mass is 16.6. The van der Waals surface area contributed by atoms with Crippen LogP contribution in [0.25, 0.3) is 10.9 Å². The highest BCUT2D eigenvalue weighted by Crippen LogP contribution is 2.37. The molecule has 0 radical (unpaired) electrons. The summed E-state index contributed by atoms with van der Waals surface area (Å²) in [5.41, 5.74) is 2.97. The summed E-state index contributed by atoms with van der Waals surface area (Å²) in [6.07, 6.45) is 6.41. The first-order valence-corrected chi connectivity index (χ1v) is 13.8. The number of anilines is 1. The molecular weight excluding hydrogens is 470 g/mol. The zero-order valence-electron chi connectivity index (χ0n) is 22.2. The second kappa shape index (κ2) is 10.7. The Kier molecular flexibility index (Phi) is 7.40. The fourth-order valence-corrected chi connectivity index (χ4v) is 6.57. The lowest BCUT2D eigenvalue weighted by Gasteiger charge is -2.41. The molecule has 3 aliphatic rings. The molecule has 2 aromatic rings. The Hall–Kier alpha value is -3.10. The van der Waals surface area contributed by atoms with Gasteiger partial charge in [0.1, 0.15) is 0 Å². The molecule has 1 aromatic heterocycles. The number of aromatic nitrogens is 2. The van der Waals surface area contributed by atoms with Gasteiger partial charge in [-0.3, -0.25) is 19.6 Å². The predicted octanol–water partition coefficient (Wildman–Crippen LogP) is 3.96. The molecular formula is C28H39N5O4. The highest BCUT2D eigenvalue weighted by molar-refractivity contribution is 6.02. The van der Waals surface area contributed by atoms with Crippen LogP contribution in [0, 0.1) is 11.8 Å². The highest BCUT2D eigenvalue weighted by Gasteiger charge is 2.33. The molecule has 3 saturated heterocycles. The SMILES string of the molecule is CCOC(=O)N1CCC(C[C@H]2CCN(c3ccc4c(C5CCC(=O)NC5=O)nn(C)c4c3)[C@@H](C)C2)CC1. The molecule has 9 heteroatoms. The molecule has 0 spiro atoms. The monoisotopic (exact) mass is 509 g/mol. The van der Waals surface area contributed by atoms with Crippen LogP contribution in [0.15, 0.2) is 18.2 Å². The van der Waals surface area contributed by atoms with Gasteiger partial charge in [-0.1, -0.05) is 0 Å². The number of nitrogens with one attached hydrogen (secondary N) is 1. The minimum atomic E-state index is -0.383. The number of imide groups is 1. The van der Waals surface area contributed by atoms with Gasteiger partial charge in [-0.25, -0.2) is 4.79 Å². The number of hydrogen-bond acceptors (Lipinski definition) is 6. The van der Waals surface area contributed by atoms with Crippen molar-refractivity contribution in [3.8, 4) is 0 Å². The van der Waals surface area contributed by atoms with Gasteiger partial charge in [0.25, 0.3) is 0 Å². The van der Waals surface area contributed by atoms with Crippen LogP contribution >= 0.6 is 0 Å². The Morgan fingerprint density at radius 2 is 1.86 bits per heavy atom. The summed E-state index contributed by atoms with van der Waals surface area (Å²) in [5.74, 6) is 0.563. The third-order valence-electron chi connectivity index (χ3n) is 8.56. The molecule has 0 aliphatic carbocycles. The molecule has 1 N–H and O–H groups in total. The number of rotatable bonds is 5. The first-order chi connectivity index (χ1) is 17.8. The number of nitrogens with zero attached hydrogens (tertiary/aromatic N) is 4. The number of likely N-dealkylation sites (tertiary alicyclic amines) is 1. The van der Waals surface area contributed by atoms with Crippen LogP contribution in [0.5, 0.6) is 0 Å². The third kappa shape index (κ3) is 5.31. The zero-order valence-corrected chi connectivity index (χ0v) is 22.2. The Balaban J connectivity index is 1.21. The summed E-state index contributed by atoms with van der Waals surface area (Å²) in [5, 5.41) is 8.13. The lowest BCUT2D eigenvalue weighted by molar-refractivity contribution is -0.134. The first-order valence-electron chi connectivity index (χ1n) is 13.8. The Morgan fingerprint density at radius 3 is 2.57 bits per heavy atom. The van der Waals surface area contributed by atoms with E-state index < -0.39 is 0 Å². The fraction of sp³-hybridized carbons (Fsp3) is 0.643. The van der Waals surface area contributed by atoms with E-state index in [-0.39, 0.29) is 23.8 Å². The van der Waals surface area contributed by atoms with Gasteiger partial charge in [0.05, 0.1) is 23.7 Å². The summed E-state index contributed by atoms with van der Waals surface area (Å²) in [6.45, 7) is 7.25. The number of fused-ring (bicyclic) bond motifs is 1. The Morgan fingerprint density at radius 1 is 1.11 bits per heavy atom.